The molecule has 240 valence electrons. The summed E-state index contributed by atoms with van der Waals surface area (Å²) < 4.78 is 16.7. The summed E-state index contributed by atoms with van der Waals surface area (Å²) in [6, 6.07) is 19.2. The van der Waals surface area contributed by atoms with Crippen molar-refractivity contribution in [1.29, 1.82) is 0 Å². The fourth-order valence-electron chi connectivity index (χ4n) is 5.13. The molecule has 0 spiro atoms. The summed E-state index contributed by atoms with van der Waals surface area (Å²) in [5, 5.41) is 7.23. The van der Waals surface area contributed by atoms with Crippen LogP contribution in [0.2, 0.25) is 0 Å². The maximum atomic E-state index is 13.8. The van der Waals surface area contributed by atoms with Gasteiger partial charge in [0.15, 0.2) is 0 Å². The van der Waals surface area contributed by atoms with Gasteiger partial charge in [-0.05, 0) is 41.2 Å². The molecule has 0 aromatic heterocycles. The Kier molecular flexibility index (Phi) is 12.0. The van der Waals surface area contributed by atoms with Crippen LogP contribution in [-0.4, -0.2) is 74.4 Å². The third-order valence-corrected chi connectivity index (χ3v) is 9.99. The van der Waals surface area contributed by atoms with E-state index in [1.165, 1.54) is 4.90 Å². The first-order valence-electron chi connectivity index (χ1n) is 14.5. The summed E-state index contributed by atoms with van der Waals surface area (Å²) in [5.41, 5.74) is 6.64. The molecule has 1 saturated heterocycles. The fraction of sp³-hybridized carbons (Fsp3) is 0.355. The number of carbonyl (C=O) groups excluding carboxylic acids is 4. The van der Waals surface area contributed by atoms with Gasteiger partial charge < -0.3 is 35.8 Å². The number of hydrogen-bond donors (Lipinski definition) is 5. The molecule has 1 heterocycles. The number of nitrogens with one attached hydrogen (secondary N) is 2. The van der Waals surface area contributed by atoms with E-state index < -0.39 is 55.0 Å². The van der Waals surface area contributed by atoms with Gasteiger partial charge in [0.05, 0.1) is 5.49 Å². The average Bonchev–Trinajstić information content (AvgIpc) is 3.02. The molecule has 0 aliphatic carbocycles. The van der Waals surface area contributed by atoms with Crippen molar-refractivity contribution in [2.45, 2.75) is 50.4 Å². The van der Waals surface area contributed by atoms with E-state index in [2.05, 4.69) is 10.6 Å². The molecular formula is C31H37N4O8PS. The van der Waals surface area contributed by atoms with Crippen LogP contribution in [-0.2, 0) is 36.7 Å². The van der Waals surface area contributed by atoms with Crippen molar-refractivity contribution in [2.75, 3.05) is 17.8 Å². The second kappa shape index (κ2) is 15.9. The Labute approximate surface area is 265 Å². The van der Waals surface area contributed by atoms with Crippen molar-refractivity contribution in [3.05, 3.63) is 83.9 Å². The van der Waals surface area contributed by atoms with Crippen LogP contribution >= 0.6 is 19.4 Å². The number of thioether (sulfide) groups is 1. The predicted molar refractivity (Wildman–Crippen MR) is 171 cm³/mol. The molecule has 0 saturated carbocycles. The number of fused-ring (bicyclic) bond motifs is 1. The number of carbonyl (C=O) groups is 4. The quantitative estimate of drug-likeness (QED) is 0.172. The van der Waals surface area contributed by atoms with E-state index in [1.807, 2.05) is 48.5 Å². The summed E-state index contributed by atoms with van der Waals surface area (Å²) in [4.78, 5) is 72.3. The highest BCUT2D eigenvalue weighted by molar-refractivity contribution is 8.04. The molecule has 12 nitrogen and oxygen atoms in total. The number of primary amides is 1. The van der Waals surface area contributed by atoms with Crippen molar-refractivity contribution >= 4 is 53.9 Å². The first-order chi connectivity index (χ1) is 21.5. The molecule has 3 aromatic carbocycles. The zero-order chi connectivity index (χ0) is 32.4. The zero-order valence-corrected chi connectivity index (χ0v) is 26.3. The predicted octanol–water partition coefficient (Wildman–Crippen LogP) is 2.90. The Morgan fingerprint density at radius 3 is 2.36 bits per heavy atom. The molecule has 1 aliphatic heterocycles. The highest BCUT2D eigenvalue weighted by atomic mass is 32.2. The summed E-state index contributed by atoms with van der Waals surface area (Å²) in [6.07, 6.45) is 0.837. The normalized spacial score (nSPS) is 16.4. The van der Waals surface area contributed by atoms with Crippen LogP contribution in [0.4, 0.5) is 4.79 Å². The van der Waals surface area contributed by atoms with Gasteiger partial charge in [-0.1, -0.05) is 72.8 Å². The number of nitrogens with two attached hydrogens (primary N) is 1. The minimum absolute atomic E-state index is 0.0519. The molecule has 0 bridgehead atoms. The van der Waals surface area contributed by atoms with Crippen molar-refractivity contribution < 1.29 is 38.3 Å². The largest absolute Gasteiger partial charge is 0.445 e. The summed E-state index contributed by atoms with van der Waals surface area (Å²) in [6.45, 7) is 0.160. The lowest BCUT2D eigenvalue weighted by atomic mass is 9.98. The molecule has 1 aliphatic rings. The topological polar surface area (TPSA) is 188 Å². The van der Waals surface area contributed by atoms with Gasteiger partial charge in [0.25, 0.3) is 0 Å². The minimum Gasteiger partial charge on any atom is -0.445 e. The Morgan fingerprint density at radius 1 is 0.933 bits per heavy atom. The van der Waals surface area contributed by atoms with Crippen molar-refractivity contribution in [1.82, 2.24) is 15.5 Å². The van der Waals surface area contributed by atoms with Crippen molar-refractivity contribution in [3.63, 3.8) is 0 Å². The number of rotatable bonds is 13. The van der Waals surface area contributed by atoms with Crippen LogP contribution < -0.4 is 16.4 Å². The lowest BCUT2D eigenvalue weighted by molar-refractivity contribution is -0.144. The van der Waals surface area contributed by atoms with Crippen LogP contribution in [0, 0.1) is 0 Å². The Balaban J connectivity index is 1.45. The van der Waals surface area contributed by atoms with Crippen LogP contribution in [0.1, 0.15) is 30.4 Å². The number of benzene rings is 3. The van der Waals surface area contributed by atoms with Crippen LogP contribution in [0.5, 0.6) is 0 Å². The van der Waals surface area contributed by atoms with E-state index in [0.29, 0.717) is 19.3 Å². The third-order valence-electron chi connectivity index (χ3n) is 7.35. The number of hydrogen-bond acceptors (Lipinski definition) is 7. The lowest BCUT2D eigenvalue weighted by Gasteiger charge is -2.37. The molecule has 3 unspecified atom stereocenters. The van der Waals surface area contributed by atoms with E-state index in [1.54, 1.807) is 24.3 Å². The maximum absolute atomic E-state index is 13.8. The van der Waals surface area contributed by atoms with Gasteiger partial charge >= 0.3 is 13.7 Å². The number of piperidine rings is 1. The first-order valence-corrected chi connectivity index (χ1v) is 17.4. The summed E-state index contributed by atoms with van der Waals surface area (Å²) >= 11 is 0.801. The van der Waals surface area contributed by atoms with Crippen LogP contribution in [0.15, 0.2) is 72.8 Å². The van der Waals surface area contributed by atoms with Gasteiger partial charge in [-0.15, -0.1) is 11.8 Å². The Morgan fingerprint density at radius 2 is 1.64 bits per heavy atom. The van der Waals surface area contributed by atoms with E-state index in [4.69, 9.17) is 10.5 Å². The molecule has 1 fully saturated rings. The second-order valence-electron chi connectivity index (χ2n) is 10.8. The number of nitrogens with zero attached hydrogens (tertiary/aromatic N) is 1. The number of likely N-dealkylation sites (tertiary alicyclic amines) is 1. The monoisotopic (exact) mass is 656 g/mol. The molecule has 4 amide bonds. The standard InChI is InChI=1S/C31H37N4O8PS/c32-28(36)25(17-22-13-14-23-10-4-5-11-24(23)16-22)33-29(37)27-12-6-7-15-35(27)30(38)26(19-45-20-44(40,41)42)34-31(39)43-18-21-8-2-1-3-9-21/h1-5,8-11,13-14,16,25-27H,6-7,12,15,17-20H2,(H2,32,36)(H,33,37)(H,34,39)(H2,40,41,42). The Hall–Kier alpha value is -3.90. The van der Waals surface area contributed by atoms with E-state index in [-0.39, 0.29) is 25.3 Å². The van der Waals surface area contributed by atoms with Crippen molar-refractivity contribution in [3.8, 4) is 0 Å². The van der Waals surface area contributed by atoms with Gasteiger partial charge in [-0.3, -0.25) is 18.9 Å². The van der Waals surface area contributed by atoms with E-state index in [9.17, 15) is 33.5 Å². The smallest absolute Gasteiger partial charge is 0.408 e. The molecule has 3 aromatic rings. The van der Waals surface area contributed by atoms with Gasteiger partial charge in [0.2, 0.25) is 17.7 Å². The second-order valence-corrected chi connectivity index (χ2v) is 13.9. The number of ether oxygens (including phenoxy) is 1. The maximum Gasteiger partial charge on any atom is 0.408 e. The molecule has 14 heteroatoms. The first kappa shape index (κ1) is 34.0. The molecular weight excluding hydrogens is 619 g/mol. The summed E-state index contributed by atoms with van der Waals surface area (Å²) in [5.74, 6) is -2.04. The van der Waals surface area contributed by atoms with Gasteiger partial charge in [0, 0.05) is 18.7 Å². The Bertz CT molecular complexity index is 1550. The highest BCUT2D eigenvalue weighted by Crippen LogP contribution is 2.38. The number of alkyl carbamates (subject to hydrolysis) is 1. The molecule has 0 radical (unpaired) electrons. The molecule has 45 heavy (non-hydrogen) atoms. The summed E-state index contributed by atoms with van der Waals surface area (Å²) in [7, 11) is -4.38. The SMILES string of the molecule is NC(=O)C(Cc1ccc2ccccc2c1)NC(=O)C1CCCCN1C(=O)C(CSCP(=O)(O)O)NC(=O)OCc1ccccc1. The van der Waals surface area contributed by atoms with Crippen LogP contribution in [0.25, 0.3) is 10.8 Å². The molecule has 4 rings (SSSR count). The van der Waals surface area contributed by atoms with Gasteiger partial charge in [-0.25, -0.2) is 4.79 Å². The average molecular weight is 657 g/mol. The fourth-order valence-corrected chi connectivity index (χ4v) is 6.97. The van der Waals surface area contributed by atoms with E-state index in [0.717, 1.165) is 33.7 Å². The lowest BCUT2D eigenvalue weighted by Crippen LogP contribution is -2.60. The minimum atomic E-state index is -4.38. The van der Waals surface area contributed by atoms with Gasteiger partial charge in [0.1, 0.15) is 24.7 Å². The molecule has 3 atom stereocenters. The molecule has 6 N–H and O–H groups in total. The van der Waals surface area contributed by atoms with Crippen molar-refractivity contribution in [2.24, 2.45) is 5.73 Å². The highest BCUT2D eigenvalue weighted by Gasteiger charge is 2.37. The third kappa shape index (κ3) is 10.3. The van der Waals surface area contributed by atoms with E-state index >= 15 is 0 Å². The number of amides is 4. The van der Waals surface area contributed by atoms with Gasteiger partial charge in [-0.2, -0.15) is 0 Å². The van der Waals surface area contributed by atoms with Crippen LogP contribution in [0.3, 0.4) is 0 Å². The zero-order valence-electron chi connectivity index (χ0n) is 24.5.